The number of halogens is 2. The maximum absolute atomic E-state index is 13.6. The van der Waals surface area contributed by atoms with Gasteiger partial charge in [0.25, 0.3) is 11.2 Å². The van der Waals surface area contributed by atoms with Crippen LogP contribution in [0.25, 0.3) is 17.4 Å². The Bertz CT molecular complexity index is 1840. The van der Waals surface area contributed by atoms with Crippen LogP contribution in [0.5, 0.6) is 0 Å². The average molecular weight is 568 g/mol. The van der Waals surface area contributed by atoms with Crippen molar-refractivity contribution in [2.45, 2.75) is 19.9 Å². The summed E-state index contributed by atoms with van der Waals surface area (Å²) in [5, 5.41) is 11.5. The first-order valence-electron chi connectivity index (χ1n) is 11.7. The fourth-order valence-electron chi connectivity index (χ4n) is 4.23. The van der Waals surface area contributed by atoms with Gasteiger partial charge >= 0.3 is 5.97 Å². The lowest BCUT2D eigenvalue weighted by molar-refractivity contribution is -0.384. The predicted octanol–water partition coefficient (Wildman–Crippen LogP) is 4.76. The van der Waals surface area contributed by atoms with Crippen LogP contribution in [0.4, 0.5) is 10.1 Å². The van der Waals surface area contributed by atoms with E-state index in [2.05, 4.69) is 4.99 Å². The van der Waals surface area contributed by atoms with Crippen molar-refractivity contribution in [2.24, 2.45) is 4.99 Å². The highest BCUT2D eigenvalue weighted by Gasteiger charge is 2.35. The molecule has 0 saturated heterocycles. The zero-order chi connectivity index (χ0) is 27.8. The fraction of sp³-hybridized carbons (Fsp3) is 0.148. The lowest BCUT2D eigenvalue weighted by Crippen LogP contribution is -2.39. The normalized spacial score (nSPS) is 15.2. The monoisotopic (exact) mass is 567 g/mol. The Hall–Kier alpha value is -4.35. The van der Waals surface area contributed by atoms with Crippen molar-refractivity contribution in [3.63, 3.8) is 0 Å². The maximum Gasteiger partial charge on any atom is 0.338 e. The minimum absolute atomic E-state index is 0.101. The highest BCUT2D eigenvalue weighted by atomic mass is 35.5. The summed E-state index contributed by atoms with van der Waals surface area (Å²) in [5.41, 5.74) is 0.736. The summed E-state index contributed by atoms with van der Waals surface area (Å²) in [6, 6.07) is 11.7. The number of furan rings is 1. The molecule has 0 unspecified atom stereocenters. The molecule has 2 aromatic carbocycles. The molecule has 198 valence electrons. The van der Waals surface area contributed by atoms with Crippen molar-refractivity contribution in [1.29, 1.82) is 0 Å². The van der Waals surface area contributed by atoms with Crippen LogP contribution in [0.3, 0.4) is 0 Å². The third-order valence-electron chi connectivity index (χ3n) is 6.01. The molecule has 0 N–H and O–H groups in total. The van der Waals surface area contributed by atoms with E-state index >= 15 is 0 Å². The van der Waals surface area contributed by atoms with Gasteiger partial charge in [-0.25, -0.2) is 14.2 Å². The van der Waals surface area contributed by atoms with E-state index in [1.165, 1.54) is 34.9 Å². The summed E-state index contributed by atoms with van der Waals surface area (Å²) in [7, 11) is 0. The van der Waals surface area contributed by atoms with E-state index in [4.69, 9.17) is 20.8 Å². The topological polar surface area (TPSA) is 117 Å². The highest BCUT2D eigenvalue weighted by molar-refractivity contribution is 7.07. The lowest BCUT2D eigenvalue weighted by atomic mass is 10.0. The number of nitro benzene ring substituents is 1. The zero-order valence-electron chi connectivity index (χ0n) is 20.5. The van der Waals surface area contributed by atoms with Crippen molar-refractivity contribution in [2.75, 3.05) is 6.61 Å². The predicted molar refractivity (Wildman–Crippen MR) is 143 cm³/mol. The van der Waals surface area contributed by atoms with Crippen LogP contribution < -0.4 is 14.9 Å². The first-order valence-corrected chi connectivity index (χ1v) is 12.9. The molecule has 2 aromatic heterocycles. The summed E-state index contributed by atoms with van der Waals surface area (Å²) in [6.45, 7) is 3.40. The van der Waals surface area contributed by atoms with Gasteiger partial charge in [-0.2, -0.15) is 0 Å². The molecule has 0 fully saturated rings. The quantitative estimate of drug-likeness (QED) is 0.188. The summed E-state index contributed by atoms with van der Waals surface area (Å²) >= 11 is 7.42. The van der Waals surface area contributed by atoms with Gasteiger partial charge in [-0.15, -0.1) is 0 Å². The number of allylic oxidation sites excluding steroid dienone is 1. The van der Waals surface area contributed by atoms with Crippen molar-refractivity contribution < 1.29 is 23.3 Å². The number of thiazole rings is 1. The molecule has 0 radical (unpaired) electrons. The van der Waals surface area contributed by atoms with E-state index in [-0.39, 0.29) is 40.0 Å². The second-order valence-electron chi connectivity index (χ2n) is 8.48. The van der Waals surface area contributed by atoms with Crippen LogP contribution in [0.15, 0.2) is 80.1 Å². The summed E-state index contributed by atoms with van der Waals surface area (Å²) < 4.78 is 26.4. The summed E-state index contributed by atoms with van der Waals surface area (Å²) in [5.74, 6) is -0.645. The Kier molecular flexibility index (Phi) is 7.02. The Labute approximate surface area is 228 Å². The summed E-state index contributed by atoms with van der Waals surface area (Å²) in [6.07, 6.45) is 1.61. The number of esters is 1. The van der Waals surface area contributed by atoms with Crippen molar-refractivity contribution in [3.05, 3.63) is 118 Å². The van der Waals surface area contributed by atoms with Gasteiger partial charge < -0.3 is 9.15 Å². The van der Waals surface area contributed by atoms with Gasteiger partial charge in [0.05, 0.1) is 32.4 Å². The van der Waals surface area contributed by atoms with Gasteiger partial charge in [-0.1, -0.05) is 35.1 Å². The Morgan fingerprint density at radius 1 is 1.26 bits per heavy atom. The number of carbonyl (C=O) groups excluding carboxylic acids is 1. The van der Waals surface area contributed by atoms with Crippen LogP contribution in [-0.2, 0) is 9.53 Å². The minimum Gasteiger partial charge on any atom is -0.463 e. The fourth-order valence-corrected chi connectivity index (χ4v) is 5.49. The largest absolute Gasteiger partial charge is 0.463 e. The molecule has 0 saturated carbocycles. The van der Waals surface area contributed by atoms with E-state index < -0.39 is 28.3 Å². The van der Waals surface area contributed by atoms with Crippen molar-refractivity contribution >= 4 is 40.7 Å². The Balaban J connectivity index is 1.69. The molecule has 9 nitrogen and oxygen atoms in total. The molecule has 39 heavy (non-hydrogen) atoms. The number of benzene rings is 2. The second-order valence-corrected chi connectivity index (χ2v) is 9.89. The molecule has 0 amide bonds. The lowest BCUT2D eigenvalue weighted by Gasteiger charge is -2.22. The van der Waals surface area contributed by atoms with Crippen LogP contribution in [0.1, 0.15) is 31.2 Å². The number of carbonyl (C=O) groups is 1. The molecule has 12 heteroatoms. The Morgan fingerprint density at radius 2 is 2.00 bits per heavy atom. The van der Waals surface area contributed by atoms with E-state index in [1.54, 1.807) is 44.2 Å². The molecule has 3 heterocycles. The number of aromatic nitrogens is 1. The van der Waals surface area contributed by atoms with Gasteiger partial charge in [0.2, 0.25) is 0 Å². The molecule has 1 aliphatic rings. The number of rotatable bonds is 6. The zero-order valence-corrected chi connectivity index (χ0v) is 22.1. The third-order valence-corrected chi connectivity index (χ3v) is 7.32. The number of non-ortho nitro benzene ring substituents is 1. The number of nitrogens with zero attached hydrogens (tertiary/aromatic N) is 3. The highest BCUT2D eigenvalue weighted by Crippen LogP contribution is 2.37. The van der Waals surface area contributed by atoms with Gasteiger partial charge in [-0.05, 0) is 55.8 Å². The van der Waals surface area contributed by atoms with Gasteiger partial charge in [0, 0.05) is 17.7 Å². The molecular formula is C27H19ClFN3O6S. The third kappa shape index (κ3) is 4.93. The number of fused-ring (bicyclic) bond motifs is 1. The van der Waals surface area contributed by atoms with Crippen LogP contribution in [0, 0.1) is 15.9 Å². The molecule has 4 aromatic rings. The number of nitro groups is 1. The molecule has 0 spiro atoms. The van der Waals surface area contributed by atoms with Crippen LogP contribution in [-0.4, -0.2) is 22.1 Å². The van der Waals surface area contributed by atoms with Crippen molar-refractivity contribution in [3.8, 4) is 11.3 Å². The van der Waals surface area contributed by atoms with Crippen molar-refractivity contribution in [1.82, 2.24) is 4.57 Å². The molecule has 0 aliphatic carbocycles. The molecular weight excluding hydrogens is 549 g/mol. The van der Waals surface area contributed by atoms with Gasteiger partial charge in [0.15, 0.2) is 4.80 Å². The molecule has 1 aliphatic heterocycles. The summed E-state index contributed by atoms with van der Waals surface area (Å²) in [4.78, 5) is 42.3. The molecule has 0 bridgehead atoms. The van der Waals surface area contributed by atoms with Crippen LogP contribution in [0.2, 0.25) is 5.02 Å². The van der Waals surface area contributed by atoms with E-state index in [0.29, 0.717) is 20.6 Å². The number of hydrogen-bond acceptors (Lipinski definition) is 8. The smallest absolute Gasteiger partial charge is 0.338 e. The SMILES string of the molecule is CCOC(=O)C1=C(C)N=c2s/c(=C\c3ccc(F)cc3)c(=O)n2[C@@H]1c1ccc(-c2cc([N+](=O)[O-])ccc2Cl)o1. The maximum atomic E-state index is 13.6. The molecule has 1 atom stereocenters. The van der Waals surface area contributed by atoms with E-state index in [0.717, 1.165) is 11.3 Å². The second kappa shape index (κ2) is 10.4. The van der Waals surface area contributed by atoms with E-state index in [1.807, 2.05) is 0 Å². The first kappa shape index (κ1) is 26.3. The Morgan fingerprint density at radius 3 is 2.69 bits per heavy atom. The van der Waals surface area contributed by atoms with Gasteiger partial charge in [0.1, 0.15) is 23.4 Å². The van der Waals surface area contributed by atoms with E-state index in [9.17, 15) is 24.1 Å². The average Bonchev–Trinajstić information content (AvgIpc) is 3.50. The first-order chi connectivity index (χ1) is 18.7. The minimum atomic E-state index is -1.03. The molecule has 5 rings (SSSR count). The van der Waals surface area contributed by atoms with Gasteiger partial charge in [-0.3, -0.25) is 19.5 Å². The van der Waals surface area contributed by atoms with Crippen LogP contribution >= 0.6 is 22.9 Å². The standard InChI is InChI=1S/C27H19ClFN3O6S/c1-3-37-26(34)23-14(2)30-27-31(25(33)22(39-27)12-15-4-6-16(29)7-5-15)24(23)21-11-10-20(38-21)18-13-17(32(35)36)8-9-19(18)28/h4-13,24H,3H2,1-2H3/b22-12-/t24-/m1/s1. The number of hydrogen-bond donors (Lipinski definition) is 0. The number of ether oxygens (including phenoxy) is 1.